The van der Waals surface area contributed by atoms with E-state index >= 15 is 0 Å². The molecule has 0 saturated carbocycles. The van der Waals surface area contributed by atoms with Gasteiger partial charge in [0, 0.05) is 20.2 Å². The molecular weight excluding hydrogens is 270 g/mol. The Bertz CT molecular complexity index is 477. The summed E-state index contributed by atoms with van der Waals surface area (Å²) in [5, 5.41) is 4.82. The molecule has 0 bridgehead atoms. The molecule has 0 unspecified atom stereocenters. The average molecular weight is 293 g/mol. The van der Waals surface area contributed by atoms with Gasteiger partial charge in [-0.25, -0.2) is 4.79 Å². The number of nitrogens with zero attached hydrogens (tertiary/aromatic N) is 1. The summed E-state index contributed by atoms with van der Waals surface area (Å²) in [7, 11) is 3.39. The Morgan fingerprint density at radius 1 is 1.29 bits per heavy atom. The lowest BCUT2D eigenvalue weighted by Crippen LogP contribution is -2.44. The lowest BCUT2D eigenvalue weighted by Gasteiger charge is -2.17. The Balaban J connectivity index is 2.34. The van der Waals surface area contributed by atoms with E-state index < -0.39 is 6.03 Å². The number of methoxy groups -OCH3 is 1. The molecule has 0 spiro atoms. The highest BCUT2D eigenvalue weighted by atomic mass is 16.5. The number of urea groups is 1. The second-order valence-electron chi connectivity index (χ2n) is 4.90. The van der Waals surface area contributed by atoms with Gasteiger partial charge >= 0.3 is 6.03 Å². The lowest BCUT2D eigenvalue weighted by molar-refractivity contribution is -0.120. The van der Waals surface area contributed by atoms with E-state index in [0.717, 1.165) is 5.56 Å². The summed E-state index contributed by atoms with van der Waals surface area (Å²) in [6, 6.07) is 7.52. The Hall–Kier alpha value is -1.92. The molecule has 0 heterocycles. The Morgan fingerprint density at radius 3 is 2.67 bits per heavy atom. The summed E-state index contributed by atoms with van der Waals surface area (Å²) in [6.07, 6.45) is 0. The maximum atomic E-state index is 11.7. The molecule has 6 heteroatoms. The summed E-state index contributed by atoms with van der Waals surface area (Å²) < 4.78 is 4.80. The van der Waals surface area contributed by atoms with Crippen LogP contribution in [0.1, 0.15) is 11.1 Å². The predicted octanol–water partition coefficient (Wildman–Crippen LogP) is 0.899. The fourth-order valence-electron chi connectivity index (χ4n) is 1.86. The van der Waals surface area contributed by atoms with Gasteiger partial charge in [0.15, 0.2) is 0 Å². The number of carbonyl (C=O) groups excluding carboxylic acids is 2. The van der Waals surface area contributed by atoms with Gasteiger partial charge in [0.2, 0.25) is 5.91 Å². The van der Waals surface area contributed by atoms with Crippen molar-refractivity contribution >= 4 is 11.9 Å². The van der Waals surface area contributed by atoms with Gasteiger partial charge in [-0.05, 0) is 25.1 Å². The van der Waals surface area contributed by atoms with E-state index in [2.05, 4.69) is 10.6 Å². The topological polar surface area (TPSA) is 70.7 Å². The van der Waals surface area contributed by atoms with E-state index in [-0.39, 0.29) is 12.5 Å². The van der Waals surface area contributed by atoms with Crippen LogP contribution in [0, 0.1) is 6.92 Å². The van der Waals surface area contributed by atoms with Crippen molar-refractivity contribution in [3.05, 3.63) is 35.4 Å². The van der Waals surface area contributed by atoms with Crippen LogP contribution in [-0.2, 0) is 16.1 Å². The number of hydrogen-bond donors (Lipinski definition) is 2. The highest BCUT2D eigenvalue weighted by Gasteiger charge is 2.11. The fourth-order valence-corrected chi connectivity index (χ4v) is 1.86. The molecule has 3 amide bonds. The highest BCUT2D eigenvalue weighted by Crippen LogP contribution is 2.08. The molecule has 1 aromatic carbocycles. The van der Waals surface area contributed by atoms with Crippen LogP contribution < -0.4 is 10.6 Å². The minimum atomic E-state index is -0.499. The van der Waals surface area contributed by atoms with E-state index in [0.29, 0.717) is 19.7 Å². The maximum Gasteiger partial charge on any atom is 0.321 e. The summed E-state index contributed by atoms with van der Waals surface area (Å²) in [5.41, 5.74) is 2.35. The lowest BCUT2D eigenvalue weighted by atomic mass is 10.1. The summed E-state index contributed by atoms with van der Waals surface area (Å²) >= 11 is 0. The second-order valence-corrected chi connectivity index (χ2v) is 4.90. The van der Waals surface area contributed by atoms with Crippen LogP contribution in [0.4, 0.5) is 4.79 Å². The molecule has 0 aromatic heterocycles. The summed E-state index contributed by atoms with van der Waals surface area (Å²) in [6.45, 7) is 3.63. The number of imide groups is 1. The van der Waals surface area contributed by atoms with E-state index in [1.807, 2.05) is 43.1 Å². The number of likely N-dealkylation sites (N-methyl/N-ethyl adjacent to an activating group) is 1. The molecule has 0 aliphatic rings. The molecule has 1 rings (SSSR count). The van der Waals surface area contributed by atoms with Gasteiger partial charge in [-0.3, -0.25) is 15.0 Å². The number of aryl methyl sites for hydroxylation is 1. The fraction of sp³-hybridized carbons (Fsp3) is 0.467. The first-order chi connectivity index (χ1) is 10.0. The van der Waals surface area contributed by atoms with Crippen LogP contribution >= 0.6 is 0 Å². The number of ether oxygens (including phenoxy) is 1. The molecule has 0 atom stereocenters. The van der Waals surface area contributed by atoms with Crippen LogP contribution in [0.25, 0.3) is 0 Å². The van der Waals surface area contributed by atoms with Gasteiger partial charge in [0.1, 0.15) is 0 Å². The first-order valence-corrected chi connectivity index (χ1v) is 6.82. The summed E-state index contributed by atoms with van der Waals surface area (Å²) in [5.74, 6) is -0.332. The smallest absolute Gasteiger partial charge is 0.321 e. The zero-order chi connectivity index (χ0) is 15.7. The predicted molar refractivity (Wildman–Crippen MR) is 80.9 cm³/mol. The van der Waals surface area contributed by atoms with Crippen LogP contribution in [0.2, 0.25) is 0 Å². The first-order valence-electron chi connectivity index (χ1n) is 6.82. The van der Waals surface area contributed by atoms with Gasteiger partial charge in [-0.2, -0.15) is 0 Å². The third-order valence-electron chi connectivity index (χ3n) is 2.96. The standard InChI is InChI=1S/C15H23N3O3/c1-12-6-4-5-7-13(12)10-18(2)11-14(19)17-15(20)16-8-9-21-3/h4-7H,8-11H2,1-3H3,(H2,16,17,19,20). The highest BCUT2D eigenvalue weighted by molar-refractivity contribution is 5.95. The van der Waals surface area contributed by atoms with Crippen LogP contribution in [-0.4, -0.2) is 50.7 Å². The minimum Gasteiger partial charge on any atom is -0.383 e. The average Bonchev–Trinajstić information content (AvgIpc) is 2.41. The van der Waals surface area contributed by atoms with Gasteiger partial charge < -0.3 is 10.1 Å². The maximum absolute atomic E-state index is 11.7. The Morgan fingerprint density at radius 2 is 2.00 bits per heavy atom. The van der Waals surface area contributed by atoms with Crippen molar-refractivity contribution in [3.8, 4) is 0 Å². The van der Waals surface area contributed by atoms with E-state index in [4.69, 9.17) is 4.74 Å². The van der Waals surface area contributed by atoms with Gasteiger partial charge in [-0.15, -0.1) is 0 Å². The number of amides is 3. The number of hydrogen-bond acceptors (Lipinski definition) is 4. The third kappa shape index (κ3) is 6.87. The molecule has 0 aliphatic carbocycles. The molecule has 116 valence electrons. The normalized spacial score (nSPS) is 10.5. The molecule has 2 N–H and O–H groups in total. The number of benzene rings is 1. The van der Waals surface area contributed by atoms with Crippen molar-refractivity contribution < 1.29 is 14.3 Å². The number of rotatable bonds is 7. The molecule has 0 fully saturated rings. The largest absolute Gasteiger partial charge is 0.383 e. The Labute approximate surface area is 125 Å². The monoisotopic (exact) mass is 293 g/mol. The van der Waals surface area contributed by atoms with Crippen molar-refractivity contribution in [3.63, 3.8) is 0 Å². The van der Waals surface area contributed by atoms with Crippen LogP contribution in [0.5, 0.6) is 0 Å². The molecule has 0 saturated heterocycles. The quantitative estimate of drug-likeness (QED) is 0.733. The van der Waals surface area contributed by atoms with Crippen molar-refractivity contribution in [1.82, 2.24) is 15.5 Å². The first kappa shape index (κ1) is 17.1. The molecule has 6 nitrogen and oxygen atoms in total. The molecular formula is C15H23N3O3. The van der Waals surface area contributed by atoms with Gasteiger partial charge in [0.25, 0.3) is 0 Å². The van der Waals surface area contributed by atoms with Crippen LogP contribution in [0.15, 0.2) is 24.3 Å². The molecule has 1 aromatic rings. The molecule has 21 heavy (non-hydrogen) atoms. The van der Waals surface area contributed by atoms with Gasteiger partial charge in [-0.1, -0.05) is 24.3 Å². The summed E-state index contributed by atoms with van der Waals surface area (Å²) in [4.78, 5) is 25.0. The minimum absolute atomic E-state index is 0.159. The number of nitrogens with one attached hydrogen (secondary N) is 2. The Kier molecular flexibility index (Phi) is 7.42. The van der Waals surface area contributed by atoms with E-state index in [1.54, 1.807) is 7.11 Å². The number of carbonyl (C=O) groups is 2. The SMILES string of the molecule is COCCNC(=O)NC(=O)CN(C)Cc1ccccc1C. The van der Waals surface area contributed by atoms with Gasteiger partial charge in [0.05, 0.1) is 13.2 Å². The van der Waals surface area contributed by atoms with Crippen molar-refractivity contribution in [2.45, 2.75) is 13.5 Å². The van der Waals surface area contributed by atoms with Crippen molar-refractivity contribution in [2.75, 3.05) is 33.9 Å². The van der Waals surface area contributed by atoms with Crippen molar-refractivity contribution in [1.29, 1.82) is 0 Å². The molecule has 0 aliphatic heterocycles. The van der Waals surface area contributed by atoms with Crippen LogP contribution in [0.3, 0.4) is 0 Å². The zero-order valence-corrected chi connectivity index (χ0v) is 12.8. The van der Waals surface area contributed by atoms with Crippen molar-refractivity contribution in [2.24, 2.45) is 0 Å². The zero-order valence-electron chi connectivity index (χ0n) is 12.8. The third-order valence-corrected chi connectivity index (χ3v) is 2.96. The molecule has 0 radical (unpaired) electrons. The van der Waals surface area contributed by atoms with E-state index in [9.17, 15) is 9.59 Å². The van der Waals surface area contributed by atoms with E-state index in [1.165, 1.54) is 5.56 Å². The second kappa shape index (κ2) is 9.10.